The summed E-state index contributed by atoms with van der Waals surface area (Å²) in [5.74, 6) is -0.214. The van der Waals surface area contributed by atoms with Gasteiger partial charge in [-0.3, -0.25) is 14.9 Å². The number of ether oxygens (including phenoxy) is 1. The lowest BCUT2D eigenvalue weighted by molar-refractivity contribution is -0.384. The molecule has 0 aliphatic rings. The Kier molecular flexibility index (Phi) is 5.82. The molecule has 0 spiro atoms. The summed E-state index contributed by atoms with van der Waals surface area (Å²) in [5.41, 5.74) is 0.952. The number of nitrogens with zero attached hydrogens (tertiary/aromatic N) is 5. The van der Waals surface area contributed by atoms with Crippen molar-refractivity contribution in [1.29, 1.82) is 0 Å². The molecule has 0 radical (unpaired) electrons. The van der Waals surface area contributed by atoms with E-state index in [9.17, 15) is 19.3 Å². The fourth-order valence-corrected chi connectivity index (χ4v) is 2.62. The number of nitro groups is 1. The van der Waals surface area contributed by atoms with Crippen LogP contribution in [0.1, 0.15) is 16.2 Å². The van der Waals surface area contributed by atoms with Gasteiger partial charge in [-0.15, -0.1) is 5.10 Å². The Hall–Kier alpha value is -3.82. The molecule has 0 N–H and O–H groups in total. The van der Waals surface area contributed by atoms with Crippen molar-refractivity contribution >= 4 is 11.6 Å². The number of nitro benzene ring substituents is 1. The minimum atomic E-state index is -0.503. The normalized spacial score (nSPS) is 10.6. The fourth-order valence-electron chi connectivity index (χ4n) is 2.62. The Bertz CT molecular complexity index is 1040. The molecule has 9 nitrogen and oxygen atoms in total. The van der Waals surface area contributed by atoms with Crippen LogP contribution in [0.3, 0.4) is 0 Å². The third kappa shape index (κ3) is 4.54. The lowest BCUT2D eigenvalue weighted by Gasteiger charge is -2.16. The number of hydrogen-bond donors (Lipinski definition) is 0. The molecule has 29 heavy (non-hydrogen) atoms. The zero-order valence-corrected chi connectivity index (χ0v) is 15.8. The van der Waals surface area contributed by atoms with Gasteiger partial charge in [-0.05, 0) is 37.3 Å². The zero-order valence-electron chi connectivity index (χ0n) is 15.8. The van der Waals surface area contributed by atoms with E-state index >= 15 is 0 Å². The third-order valence-electron chi connectivity index (χ3n) is 4.24. The summed E-state index contributed by atoms with van der Waals surface area (Å²) in [6.45, 7) is 2.15. The first-order valence-corrected chi connectivity index (χ1v) is 8.68. The molecule has 10 heteroatoms. The van der Waals surface area contributed by atoms with E-state index < -0.39 is 4.92 Å². The predicted molar refractivity (Wildman–Crippen MR) is 102 cm³/mol. The molecule has 2 aromatic carbocycles. The molecule has 1 aromatic heterocycles. The number of hydrogen-bond acceptors (Lipinski definition) is 6. The van der Waals surface area contributed by atoms with E-state index in [2.05, 4.69) is 10.3 Å². The topological polar surface area (TPSA) is 103 Å². The van der Waals surface area contributed by atoms with Crippen molar-refractivity contribution in [3.05, 3.63) is 75.9 Å². The van der Waals surface area contributed by atoms with Gasteiger partial charge in [-0.25, -0.2) is 9.07 Å². The van der Waals surface area contributed by atoms with Crippen LogP contribution in [0.25, 0.3) is 5.69 Å². The van der Waals surface area contributed by atoms with Crippen molar-refractivity contribution in [1.82, 2.24) is 19.9 Å². The van der Waals surface area contributed by atoms with Crippen LogP contribution < -0.4 is 4.74 Å². The van der Waals surface area contributed by atoms with Crippen LogP contribution in [0.4, 0.5) is 10.1 Å². The van der Waals surface area contributed by atoms with E-state index in [-0.39, 0.29) is 36.3 Å². The first-order chi connectivity index (χ1) is 13.9. The van der Waals surface area contributed by atoms with E-state index in [0.29, 0.717) is 17.1 Å². The minimum absolute atomic E-state index is 0.0830. The Balaban J connectivity index is 1.67. The molecule has 3 rings (SSSR count). The maximum atomic E-state index is 12.9. The van der Waals surface area contributed by atoms with Gasteiger partial charge in [0.15, 0.2) is 5.69 Å². The number of aromatic nitrogens is 3. The largest absolute Gasteiger partial charge is 0.492 e. The van der Waals surface area contributed by atoms with Crippen LogP contribution in [-0.2, 0) is 0 Å². The Morgan fingerprint density at radius 3 is 2.69 bits per heavy atom. The highest BCUT2D eigenvalue weighted by atomic mass is 19.1. The third-order valence-corrected chi connectivity index (χ3v) is 4.24. The van der Waals surface area contributed by atoms with E-state index in [1.807, 2.05) is 0 Å². The summed E-state index contributed by atoms with van der Waals surface area (Å²) in [5, 5.41) is 18.8. The molecule has 0 bridgehead atoms. The van der Waals surface area contributed by atoms with E-state index in [1.54, 1.807) is 20.0 Å². The highest BCUT2D eigenvalue weighted by Crippen LogP contribution is 2.19. The summed E-state index contributed by atoms with van der Waals surface area (Å²) in [6, 6.07) is 11.5. The number of benzene rings is 2. The first kappa shape index (κ1) is 19.9. The number of likely N-dealkylation sites (N-methyl/N-ethyl adjacent to an activating group) is 1. The van der Waals surface area contributed by atoms with Gasteiger partial charge in [0.05, 0.1) is 22.8 Å². The van der Waals surface area contributed by atoms with E-state index in [1.165, 1.54) is 52.0 Å². The molecule has 1 amide bonds. The van der Waals surface area contributed by atoms with Crippen molar-refractivity contribution in [2.24, 2.45) is 0 Å². The second-order valence-corrected chi connectivity index (χ2v) is 6.24. The second kappa shape index (κ2) is 8.46. The molecule has 0 aliphatic carbocycles. The summed E-state index contributed by atoms with van der Waals surface area (Å²) in [4.78, 5) is 24.6. The van der Waals surface area contributed by atoms with Gasteiger partial charge in [0.25, 0.3) is 11.6 Å². The van der Waals surface area contributed by atoms with Gasteiger partial charge in [-0.1, -0.05) is 11.3 Å². The maximum absolute atomic E-state index is 12.9. The van der Waals surface area contributed by atoms with Gasteiger partial charge in [-0.2, -0.15) is 0 Å². The first-order valence-electron chi connectivity index (χ1n) is 8.68. The Morgan fingerprint density at radius 2 is 2.00 bits per heavy atom. The van der Waals surface area contributed by atoms with Crippen molar-refractivity contribution < 1.29 is 18.8 Å². The van der Waals surface area contributed by atoms with Gasteiger partial charge in [0, 0.05) is 19.2 Å². The molecular formula is C19H18FN5O4. The number of rotatable bonds is 7. The van der Waals surface area contributed by atoms with Crippen LogP contribution >= 0.6 is 0 Å². The zero-order chi connectivity index (χ0) is 21.0. The summed E-state index contributed by atoms with van der Waals surface area (Å²) >= 11 is 0. The minimum Gasteiger partial charge on any atom is -0.492 e. The van der Waals surface area contributed by atoms with E-state index in [4.69, 9.17) is 4.74 Å². The van der Waals surface area contributed by atoms with Gasteiger partial charge in [0.2, 0.25) is 0 Å². The number of amides is 1. The summed E-state index contributed by atoms with van der Waals surface area (Å²) in [7, 11) is 1.60. The molecule has 0 aliphatic heterocycles. The number of halogens is 1. The Labute approximate surface area is 165 Å². The van der Waals surface area contributed by atoms with Crippen LogP contribution in [0.5, 0.6) is 5.75 Å². The number of carbonyl (C=O) groups is 1. The van der Waals surface area contributed by atoms with Crippen LogP contribution in [0.2, 0.25) is 0 Å². The second-order valence-electron chi connectivity index (χ2n) is 6.24. The molecule has 3 aromatic rings. The molecule has 0 atom stereocenters. The smallest absolute Gasteiger partial charge is 0.276 e. The van der Waals surface area contributed by atoms with Crippen molar-refractivity contribution in [2.45, 2.75) is 6.92 Å². The van der Waals surface area contributed by atoms with Gasteiger partial charge >= 0.3 is 0 Å². The standard InChI is InChI=1S/C19H18FN5O4/c1-13-18(21-22-24(13)15-4-3-5-16(12-15)25(27)28)19(26)23(2)10-11-29-17-8-6-14(20)7-9-17/h3-9,12H,10-11H2,1-2H3. The molecule has 0 saturated heterocycles. The summed E-state index contributed by atoms with van der Waals surface area (Å²) in [6.07, 6.45) is 0. The maximum Gasteiger partial charge on any atom is 0.276 e. The lowest BCUT2D eigenvalue weighted by atomic mass is 10.2. The SMILES string of the molecule is Cc1c(C(=O)N(C)CCOc2ccc(F)cc2)nnn1-c1cccc([N+](=O)[O-])c1. The molecular weight excluding hydrogens is 381 g/mol. The van der Waals surface area contributed by atoms with Crippen molar-refractivity contribution in [2.75, 3.05) is 20.2 Å². The number of non-ortho nitro benzene ring substituents is 1. The van der Waals surface area contributed by atoms with Crippen LogP contribution in [-0.4, -0.2) is 50.9 Å². The number of carbonyl (C=O) groups excluding carboxylic acids is 1. The lowest BCUT2D eigenvalue weighted by Crippen LogP contribution is -2.31. The quantitative estimate of drug-likeness (QED) is 0.447. The summed E-state index contributed by atoms with van der Waals surface area (Å²) < 4.78 is 19.8. The molecule has 0 fully saturated rings. The van der Waals surface area contributed by atoms with Crippen molar-refractivity contribution in [3.8, 4) is 11.4 Å². The van der Waals surface area contributed by atoms with Crippen molar-refractivity contribution in [3.63, 3.8) is 0 Å². The van der Waals surface area contributed by atoms with Gasteiger partial charge < -0.3 is 9.64 Å². The highest BCUT2D eigenvalue weighted by Gasteiger charge is 2.21. The Morgan fingerprint density at radius 1 is 1.28 bits per heavy atom. The average molecular weight is 399 g/mol. The highest BCUT2D eigenvalue weighted by molar-refractivity contribution is 5.93. The monoisotopic (exact) mass is 399 g/mol. The predicted octanol–water partition coefficient (Wildman–Crippen LogP) is 2.77. The van der Waals surface area contributed by atoms with Gasteiger partial charge in [0.1, 0.15) is 18.2 Å². The molecule has 150 valence electrons. The van der Waals surface area contributed by atoms with Crippen LogP contribution in [0.15, 0.2) is 48.5 Å². The molecule has 0 saturated carbocycles. The molecule has 1 heterocycles. The molecule has 0 unspecified atom stereocenters. The van der Waals surface area contributed by atoms with E-state index in [0.717, 1.165) is 0 Å². The average Bonchev–Trinajstić information content (AvgIpc) is 3.10. The van der Waals surface area contributed by atoms with Crippen LogP contribution in [0, 0.1) is 22.9 Å². The fraction of sp³-hybridized carbons (Fsp3) is 0.211.